The fraction of sp³-hybridized carbons (Fsp3) is 0.700. The topological polar surface area (TPSA) is 55.9 Å². The maximum Gasteiger partial charge on any atom is 0.0834 e. The van der Waals surface area contributed by atoms with Crippen LogP contribution in [-0.4, -0.2) is 21.3 Å². The van der Waals surface area contributed by atoms with Gasteiger partial charge in [-0.1, -0.05) is 18.5 Å². The molecule has 1 atom stereocenters. The van der Waals surface area contributed by atoms with E-state index in [1.165, 1.54) is 6.42 Å². The summed E-state index contributed by atoms with van der Waals surface area (Å²) in [5.74, 6) is 7.62. The average molecular weight is 263 g/mol. The Morgan fingerprint density at radius 1 is 1.62 bits per heavy atom. The van der Waals surface area contributed by atoms with Crippen LogP contribution in [0, 0.1) is 0 Å². The predicted octanol–water partition coefficient (Wildman–Crippen LogP) is 2.20. The smallest absolute Gasteiger partial charge is 0.0834 e. The van der Waals surface area contributed by atoms with Crippen LogP contribution in [0.3, 0.4) is 0 Å². The number of hydrogen-bond acceptors (Lipinski definition) is 4. The number of hydrogen-bond donors (Lipinski definition) is 2. The second-order valence-corrected chi connectivity index (χ2v) is 5.04. The number of rotatable bonds is 7. The second kappa shape index (κ2) is 7.17. The van der Waals surface area contributed by atoms with E-state index in [-0.39, 0.29) is 6.04 Å². The molecule has 1 aromatic rings. The van der Waals surface area contributed by atoms with Crippen molar-refractivity contribution in [2.45, 2.75) is 32.9 Å². The first-order valence-corrected chi connectivity index (χ1v) is 7.02. The van der Waals surface area contributed by atoms with Gasteiger partial charge >= 0.3 is 0 Å². The van der Waals surface area contributed by atoms with Gasteiger partial charge in [0.2, 0.25) is 0 Å². The molecular formula is C10H19ClN4S. The summed E-state index contributed by atoms with van der Waals surface area (Å²) in [4.78, 5) is 0. The monoisotopic (exact) mass is 262 g/mol. The van der Waals surface area contributed by atoms with Gasteiger partial charge in [0.15, 0.2) is 0 Å². The normalized spacial score (nSPS) is 13.0. The van der Waals surface area contributed by atoms with Crippen molar-refractivity contribution in [3.8, 4) is 0 Å². The highest BCUT2D eigenvalue weighted by Crippen LogP contribution is 2.25. The Kier molecular flexibility index (Phi) is 6.20. The lowest BCUT2D eigenvalue weighted by Gasteiger charge is -2.17. The molecule has 1 unspecified atom stereocenters. The quantitative estimate of drug-likeness (QED) is 0.449. The Balaban J connectivity index is 2.73. The van der Waals surface area contributed by atoms with Gasteiger partial charge in [-0.3, -0.25) is 16.0 Å². The van der Waals surface area contributed by atoms with E-state index in [4.69, 9.17) is 17.4 Å². The summed E-state index contributed by atoms with van der Waals surface area (Å²) in [6.45, 7) is 5.01. The molecule has 6 heteroatoms. The number of thioether (sulfide) groups is 1. The van der Waals surface area contributed by atoms with Crippen LogP contribution in [-0.2, 0) is 6.54 Å². The van der Waals surface area contributed by atoms with Crippen molar-refractivity contribution in [2.24, 2.45) is 5.84 Å². The van der Waals surface area contributed by atoms with Crippen molar-refractivity contribution in [1.82, 2.24) is 15.2 Å². The van der Waals surface area contributed by atoms with Crippen molar-refractivity contribution in [3.63, 3.8) is 0 Å². The molecule has 4 nitrogen and oxygen atoms in total. The van der Waals surface area contributed by atoms with Gasteiger partial charge in [-0.2, -0.15) is 16.9 Å². The van der Waals surface area contributed by atoms with Gasteiger partial charge in [-0.25, -0.2) is 0 Å². The molecule has 0 aliphatic carbocycles. The van der Waals surface area contributed by atoms with Crippen LogP contribution in [0.1, 0.15) is 32.0 Å². The lowest BCUT2D eigenvalue weighted by molar-refractivity contribution is 0.528. The molecule has 0 fully saturated rings. The first-order chi connectivity index (χ1) is 7.74. The minimum absolute atomic E-state index is 0.0616. The number of aromatic nitrogens is 2. The summed E-state index contributed by atoms with van der Waals surface area (Å²) in [5, 5.41) is 4.89. The van der Waals surface area contributed by atoms with Gasteiger partial charge < -0.3 is 0 Å². The van der Waals surface area contributed by atoms with E-state index in [2.05, 4.69) is 17.4 Å². The van der Waals surface area contributed by atoms with Gasteiger partial charge in [0.1, 0.15) is 0 Å². The minimum Gasteiger partial charge on any atom is -0.271 e. The van der Waals surface area contributed by atoms with E-state index in [1.54, 1.807) is 6.20 Å². The van der Waals surface area contributed by atoms with Crippen molar-refractivity contribution >= 4 is 23.4 Å². The van der Waals surface area contributed by atoms with E-state index in [9.17, 15) is 0 Å². The third kappa shape index (κ3) is 3.38. The molecule has 0 radical (unpaired) electrons. The van der Waals surface area contributed by atoms with Crippen LogP contribution in [0.15, 0.2) is 6.20 Å². The molecule has 16 heavy (non-hydrogen) atoms. The number of hydrazine groups is 1. The van der Waals surface area contributed by atoms with Gasteiger partial charge in [0.25, 0.3) is 0 Å². The molecule has 1 rings (SSSR count). The van der Waals surface area contributed by atoms with Crippen LogP contribution >= 0.6 is 23.4 Å². The molecule has 3 N–H and O–H groups in total. The van der Waals surface area contributed by atoms with Crippen LogP contribution in [0.4, 0.5) is 0 Å². The van der Waals surface area contributed by atoms with E-state index in [0.717, 1.165) is 23.7 Å². The lowest BCUT2D eigenvalue weighted by Crippen LogP contribution is -2.31. The van der Waals surface area contributed by atoms with E-state index >= 15 is 0 Å². The third-order valence-corrected chi connectivity index (χ3v) is 3.85. The lowest BCUT2D eigenvalue weighted by atomic mass is 10.2. The Morgan fingerprint density at radius 3 is 2.94 bits per heavy atom. The zero-order chi connectivity index (χ0) is 12.0. The second-order valence-electron chi connectivity index (χ2n) is 3.49. The number of nitrogens with one attached hydrogen (secondary N) is 1. The van der Waals surface area contributed by atoms with Crippen molar-refractivity contribution in [2.75, 3.05) is 11.5 Å². The van der Waals surface area contributed by atoms with Crippen molar-refractivity contribution in [1.29, 1.82) is 0 Å². The Bertz CT molecular complexity index is 316. The summed E-state index contributed by atoms with van der Waals surface area (Å²) >= 11 is 7.99. The summed E-state index contributed by atoms with van der Waals surface area (Å²) in [5.41, 5.74) is 3.79. The van der Waals surface area contributed by atoms with Gasteiger partial charge in [0, 0.05) is 12.3 Å². The van der Waals surface area contributed by atoms with E-state index in [0.29, 0.717) is 5.02 Å². The summed E-state index contributed by atoms with van der Waals surface area (Å²) < 4.78 is 1.89. The maximum absolute atomic E-state index is 6.12. The standard InChI is InChI=1S/C10H19ClN4S/c1-3-5-16-7-9(14-12)10-8(11)6-13-15(10)4-2/h6,9,14H,3-5,7,12H2,1-2H3. The Hall–Kier alpha value is -0.230. The van der Waals surface area contributed by atoms with Crippen LogP contribution in [0.5, 0.6) is 0 Å². The fourth-order valence-corrected chi connectivity index (χ4v) is 2.74. The third-order valence-electron chi connectivity index (χ3n) is 2.30. The molecule has 0 aliphatic heterocycles. The zero-order valence-electron chi connectivity index (χ0n) is 9.74. The van der Waals surface area contributed by atoms with Crippen LogP contribution < -0.4 is 11.3 Å². The largest absolute Gasteiger partial charge is 0.271 e. The molecule has 0 amide bonds. The highest BCUT2D eigenvalue weighted by Gasteiger charge is 2.18. The number of halogens is 1. The zero-order valence-corrected chi connectivity index (χ0v) is 11.3. The molecule has 0 saturated heterocycles. The molecule has 92 valence electrons. The number of nitrogens with two attached hydrogens (primary N) is 1. The highest BCUT2D eigenvalue weighted by atomic mass is 35.5. The minimum atomic E-state index is 0.0616. The van der Waals surface area contributed by atoms with Gasteiger partial charge in [0.05, 0.1) is 23.0 Å². The molecule has 1 heterocycles. The summed E-state index contributed by atoms with van der Waals surface area (Å²) in [6, 6.07) is 0.0616. The Labute approximate surface area is 106 Å². The molecule has 1 aromatic heterocycles. The first-order valence-electron chi connectivity index (χ1n) is 5.49. The van der Waals surface area contributed by atoms with Crippen LogP contribution in [0.2, 0.25) is 5.02 Å². The molecule has 0 spiro atoms. The van der Waals surface area contributed by atoms with Gasteiger partial charge in [-0.05, 0) is 19.1 Å². The molecule has 0 aliphatic rings. The average Bonchev–Trinajstić information content (AvgIpc) is 2.66. The molecule has 0 bridgehead atoms. The number of nitrogens with zero attached hydrogens (tertiary/aromatic N) is 2. The summed E-state index contributed by atoms with van der Waals surface area (Å²) in [7, 11) is 0. The van der Waals surface area contributed by atoms with E-state index in [1.807, 2.05) is 23.4 Å². The van der Waals surface area contributed by atoms with E-state index < -0.39 is 0 Å². The Morgan fingerprint density at radius 2 is 2.38 bits per heavy atom. The van der Waals surface area contributed by atoms with Crippen LogP contribution in [0.25, 0.3) is 0 Å². The highest BCUT2D eigenvalue weighted by molar-refractivity contribution is 7.99. The molecular weight excluding hydrogens is 244 g/mol. The number of aryl methyl sites for hydroxylation is 1. The fourth-order valence-electron chi connectivity index (χ4n) is 1.52. The maximum atomic E-state index is 6.12. The SMILES string of the molecule is CCCSCC(NN)c1c(Cl)cnn1CC. The van der Waals surface area contributed by atoms with Crippen molar-refractivity contribution < 1.29 is 0 Å². The predicted molar refractivity (Wildman–Crippen MR) is 70.6 cm³/mol. The first kappa shape index (κ1) is 13.8. The molecule has 0 aromatic carbocycles. The van der Waals surface area contributed by atoms with Gasteiger partial charge in [-0.15, -0.1) is 0 Å². The summed E-state index contributed by atoms with van der Waals surface area (Å²) in [6.07, 6.45) is 2.85. The molecule has 0 saturated carbocycles. The van der Waals surface area contributed by atoms with Crippen molar-refractivity contribution in [3.05, 3.63) is 16.9 Å².